The number of benzene rings is 1. The fraction of sp³-hybridized carbons (Fsp3) is 0.375. The Bertz CT molecular complexity index is 776. The SMILES string of the molecule is Cc1ccc(CNS(=O)(=O)c2ccc3c(c2)CCC3)n1C. The highest BCUT2D eigenvalue weighted by molar-refractivity contribution is 7.89. The summed E-state index contributed by atoms with van der Waals surface area (Å²) in [7, 11) is -1.51. The maximum Gasteiger partial charge on any atom is 0.240 e. The van der Waals surface area contributed by atoms with Crippen LogP contribution in [0.15, 0.2) is 35.2 Å². The van der Waals surface area contributed by atoms with Gasteiger partial charge in [-0.25, -0.2) is 13.1 Å². The van der Waals surface area contributed by atoms with Gasteiger partial charge in [0.2, 0.25) is 10.0 Å². The predicted molar refractivity (Wildman–Crippen MR) is 82.6 cm³/mol. The maximum atomic E-state index is 12.4. The Kier molecular flexibility index (Phi) is 3.63. The molecule has 0 aliphatic heterocycles. The van der Waals surface area contributed by atoms with Gasteiger partial charge in [0.15, 0.2) is 0 Å². The number of nitrogens with one attached hydrogen (secondary N) is 1. The van der Waals surface area contributed by atoms with E-state index in [1.807, 2.05) is 42.8 Å². The van der Waals surface area contributed by atoms with Crippen LogP contribution >= 0.6 is 0 Å². The molecule has 0 saturated carbocycles. The van der Waals surface area contributed by atoms with Crippen LogP contribution in [0.2, 0.25) is 0 Å². The summed E-state index contributed by atoms with van der Waals surface area (Å²) in [6, 6.07) is 9.41. The molecule has 0 amide bonds. The van der Waals surface area contributed by atoms with Crippen LogP contribution in [0.5, 0.6) is 0 Å². The van der Waals surface area contributed by atoms with Crippen molar-refractivity contribution in [2.75, 3.05) is 0 Å². The summed E-state index contributed by atoms with van der Waals surface area (Å²) in [6.07, 6.45) is 3.16. The van der Waals surface area contributed by atoms with Gasteiger partial charge < -0.3 is 4.57 Å². The van der Waals surface area contributed by atoms with Crippen LogP contribution in [0, 0.1) is 6.92 Å². The van der Waals surface area contributed by atoms with Gasteiger partial charge in [-0.2, -0.15) is 0 Å². The van der Waals surface area contributed by atoms with Crippen LogP contribution in [0.3, 0.4) is 0 Å². The molecular formula is C16H20N2O2S. The molecule has 0 radical (unpaired) electrons. The maximum absolute atomic E-state index is 12.4. The van der Waals surface area contributed by atoms with Crippen molar-refractivity contribution in [1.29, 1.82) is 0 Å². The zero-order chi connectivity index (χ0) is 15.0. The summed E-state index contributed by atoms with van der Waals surface area (Å²) < 4.78 is 29.5. The number of aryl methyl sites for hydroxylation is 3. The van der Waals surface area contributed by atoms with E-state index in [1.165, 1.54) is 11.1 Å². The first-order valence-electron chi connectivity index (χ1n) is 7.20. The highest BCUT2D eigenvalue weighted by Crippen LogP contribution is 2.24. The van der Waals surface area contributed by atoms with Crippen LogP contribution in [0.1, 0.15) is 28.9 Å². The molecule has 0 atom stereocenters. The molecule has 21 heavy (non-hydrogen) atoms. The van der Waals surface area contributed by atoms with Gasteiger partial charge in [-0.05, 0) is 61.6 Å². The third-order valence-electron chi connectivity index (χ3n) is 4.30. The summed E-state index contributed by atoms with van der Waals surface area (Å²) in [6.45, 7) is 2.31. The molecule has 0 spiro atoms. The summed E-state index contributed by atoms with van der Waals surface area (Å²) in [4.78, 5) is 0.370. The molecule has 0 saturated heterocycles. The normalized spacial score (nSPS) is 14.4. The minimum Gasteiger partial charge on any atom is -0.351 e. The molecule has 1 aliphatic rings. The van der Waals surface area contributed by atoms with Crippen LogP contribution in [-0.2, 0) is 36.5 Å². The van der Waals surface area contributed by atoms with Gasteiger partial charge in [-0.1, -0.05) is 6.07 Å². The lowest BCUT2D eigenvalue weighted by Crippen LogP contribution is -2.24. The van der Waals surface area contributed by atoms with Crippen LogP contribution in [0.4, 0.5) is 0 Å². The molecule has 1 aromatic carbocycles. The van der Waals surface area contributed by atoms with E-state index < -0.39 is 10.0 Å². The number of aromatic nitrogens is 1. The van der Waals surface area contributed by atoms with E-state index in [1.54, 1.807) is 6.07 Å². The minimum absolute atomic E-state index is 0.309. The highest BCUT2D eigenvalue weighted by Gasteiger charge is 2.18. The first-order valence-corrected chi connectivity index (χ1v) is 8.68. The summed E-state index contributed by atoms with van der Waals surface area (Å²) in [5.41, 5.74) is 4.53. The van der Waals surface area contributed by atoms with Crippen molar-refractivity contribution in [3.05, 3.63) is 52.8 Å². The molecule has 2 aromatic rings. The molecule has 1 N–H and O–H groups in total. The molecule has 0 fully saturated rings. The average molecular weight is 304 g/mol. The van der Waals surface area contributed by atoms with Crippen molar-refractivity contribution >= 4 is 10.0 Å². The van der Waals surface area contributed by atoms with E-state index in [0.29, 0.717) is 11.4 Å². The molecule has 1 aliphatic carbocycles. The summed E-state index contributed by atoms with van der Waals surface area (Å²) in [5.74, 6) is 0. The molecule has 1 heterocycles. The first kappa shape index (κ1) is 14.4. The summed E-state index contributed by atoms with van der Waals surface area (Å²) in [5, 5.41) is 0. The zero-order valence-electron chi connectivity index (χ0n) is 12.4. The van der Waals surface area contributed by atoms with Gasteiger partial charge in [0.25, 0.3) is 0 Å². The third kappa shape index (κ3) is 2.76. The first-order chi connectivity index (χ1) is 9.97. The zero-order valence-corrected chi connectivity index (χ0v) is 13.2. The number of fused-ring (bicyclic) bond motifs is 1. The van der Waals surface area contributed by atoms with Crippen LogP contribution in [-0.4, -0.2) is 13.0 Å². The van der Waals surface area contributed by atoms with E-state index in [9.17, 15) is 8.42 Å². The minimum atomic E-state index is -3.45. The predicted octanol–water partition coefficient (Wildman–Crippen LogP) is 2.30. The lowest BCUT2D eigenvalue weighted by atomic mass is 10.1. The van der Waals surface area contributed by atoms with Crippen LogP contribution < -0.4 is 4.72 Å². The van der Waals surface area contributed by atoms with Gasteiger partial charge in [-0.3, -0.25) is 0 Å². The molecule has 112 valence electrons. The van der Waals surface area contributed by atoms with Crippen LogP contribution in [0.25, 0.3) is 0 Å². The standard InChI is InChI=1S/C16H20N2O2S/c1-12-6-8-15(18(12)2)11-17-21(19,20)16-9-7-13-4-3-5-14(13)10-16/h6-10,17H,3-5,11H2,1-2H3. The van der Waals surface area contributed by atoms with Gasteiger partial charge in [0, 0.05) is 18.4 Å². The second-order valence-corrected chi connectivity index (χ2v) is 7.40. The molecule has 4 nitrogen and oxygen atoms in total. The fourth-order valence-electron chi connectivity index (χ4n) is 2.81. The topological polar surface area (TPSA) is 51.1 Å². The highest BCUT2D eigenvalue weighted by atomic mass is 32.2. The Labute approximate surface area is 125 Å². The largest absolute Gasteiger partial charge is 0.351 e. The Hall–Kier alpha value is -1.59. The van der Waals surface area contributed by atoms with Gasteiger partial charge in [0.1, 0.15) is 0 Å². The third-order valence-corrected chi connectivity index (χ3v) is 5.70. The average Bonchev–Trinajstić information content (AvgIpc) is 3.04. The summed E-state index contributed by atoms with van der Waals surface area (Å²) >= 11 is 0. The van der Waals surface area contributed by atoms with E-state index in [4.69, 9.17) is 0 Å². The lowest BCUT2D eigenvalue weighted by Gasteiger charge is -2.10. The molecule has 3 rings (SSSR count). The number of hydrogen-bond donors (Lipinski definition) is 1. The number of rotatable bonds is 4. The molecule has 5 heteroatoms. The van der Waals surface area contributed by atoms with Crippen molar-refractivity contribution in [2.24, 2.45) is 7.05 Å². The second kappa shape index (κ2) is 5.31. The smallest absolute Gasteiger partial charge is 0.240 e. The van der Waals surface area contributed by atoms with E-state index in [0.717, 1.165) is 30.7 Å². The van der Waals surface area contributed by atoms with Crippen molar-refractivity contribution in [3.63, 3.8) is 0 Å². The van der Waals surface area contributed by atoms with Gasteiger partial charge >= 0.3 is 0 Å². The molecule has 1 aromatic heterocycles. The van der Waals surface area contributed by atoms with Crippen molar-refractivity contribution in [3.8, 4) is 0 Å². The number of sulfonamides is 1. The Morgan fingerprint density at radius 3 is 2.62 bits per heavy atom. The van der Waals surface area contributed by atoms with E-state index in [2.05, 4.69) is 4.72 Å². The number of nitrogens with zero attached hydrogens (tertiary/aromatic N) is 1. The Balaban J connectivity index is 1.79. The lowest BCUT2D eigenvalue weighted by molar-refractivity contribution is 0.578. The van der Waals surface area contributed by atoms with Gasteiger partial charge in [-0.15, -0.1) is 0 Å². The molecule has 0 bridgehead atoms. The molecule has 0 unspecified atom stereocenters. The van der Waals surface area contributed by atoms with E-state index in [-0.39, 0.29) is 0 Å². The van der Waals surface area contributed by atoms with E-state index >= 15 is 0 Å². The molecular weight excluding hydrogens is 284 g/mol. The van der Waals surface area contributed by atoms with Crippen molar-refractivity contribution in [2.45, 2.75) is 37.6 Å². The Morgan fingerprint density at radius 1 is 1.14 bits per heavy atom. The van der Waals surface area contributed by atoms with Crippen molar-refractivity contribution < 1.29 is 8.42 Å². The van der Waals surface area contributed by atoms with Gasteiger partial charge in [0.05, 0.1) is 11.4 Å². The fourth-order valence-corrected chi connectivity index (χ4v) is 3.86. The monoisotopic (exact) mass is 304 g/mol. The Morgan fingerprint density at radius 2 is 1.90 bits per heavy atom. The number of hydrogen-bond acceptors (Lipinski definition) is 2. The quantitative estimate of drug-likeness (QED) is 0.942. The second-order valence-electron chi connectivity index (χ2n) is 5.63. The van der Waals surface area contributed by atoms with Crippen molar-refractivity contribution in [1.82, 2.24) is 9.29 Å².